The number of nitro benzene ring substituents is 1. The Hall–Kier alpha value is -3.57. The summed E-state index contributed by atoms with van der Waals surface area (Å²) in [6.45, 7) is 13.1. The monoisotopic (exact) mass is 651 g/mol. The zero-order valence-corrected chi connectivity index (χ0v) is 27.3. The van der Waals surface area contributed by atoms with E-state index in [0.29, 0.717) is 16.4 Å². The third-order valence-electron chi connectivity index (χ3n) is 4.80. The number of imide groups is 1. The Balaban J connectivity index is 2.81. The molecule has 17 heteroatoms. The summed E-state index contributed by atoms with van der Waals surface area (Å²) in [5.41, 5.74) is -3.73. The summed E-state index contributed by atoms with van der Waals surface area (Å²) >= 11 is 0. The van der Waals surface area contributed by atoms with Gasteiger partial charge < -0.3 is 23.7 Å². The van der Waals surface area contributed by atoms with Gasteiger partial charge in [0.05, 0.1) is 49.3 Å². The number of halogens is 1. The van der Waals surface area contributed by atoms with E-state index >= 15 is 0 Å². The highest BCUT2D eigenvalue weighted by atomic mass is 32.2. The van der Waals surface area contributed by atoms with E-state index in [9.17, 15) is 37.3 Å². The maximum Gasteiger partial charge on any atom is 0.424 e. The predicted octanol–water partition coefficient (Wildman–Crippen LogP) is 4.87. The van der Waals surface area contributed by atoms with Gasteiger partial charge in [-0.2, -0.15) is 8.70 Å². The van der Waals surface area contributed by atoms with E-state index in [1.165, 1.54) is 20.8 Å². The van der Waals surface area contributed by atoms with Crippen LogP contribution < -0.4 is 0 Å². The molecule has 15 nitrogen and oxygen atoms in total. The van der Waals surface area contributed by atoms with Crippen molar-refractivity contribution in [1.82, 2.24) is 9.21 Å². The molecule has 0 aliphatic carbocycles. The van der Waals surface area contributed by atoms with E-state index in [1.54, 1.807) is 41.5 Å². The van der Waals surface area contributed by atoms with Crippen molar-refractivity contribution in [1.29, 1.82) is 0 Å². The van der Waals surface area contributed by atoms with Crippen molar-refractivity contribution in [2.45, 2.75) is 84.0 Å². The van der Waals surface area contributed by atoms with Crippen LogP contribution in [0, 0.1) is 15.9 Å². The van der Waals surface area contributed by atoms with Crippen molar-refractivity contribution in [3.05, 3.63) is 34.1 Å². The highest BCUT2D eigenvalue weighted by Crippen LogP contribution is 2.24. The summed E-state index contributed by atoms with van der Waals surface area (Å²) in [6.07, 6.45) is -3.09. The van der Waals surface area contributed by atoms with Gasteiger partial charge in [0.1, 0.15) is 16.8 Å². The number of hydrogen-bond acceptors (Lipinski definition) is 12. The molecule has 0 N–H and O–H groups in total. The average Bonchev–Trinajstić information content (AvgIpc) is 2.81. The first-order valence-corrected chi connectivity index (χ1v) is 15.0. The first-order valence-electron chi connectivity index (χ1n) is 13.5. The van der Waals surface area contributed by atoms with Crippen molar-refractivity contribution in [3.63, 3.8) is 0 Å². The van der Waals surface area contributed by atoms with Crippen LogP contribution in [0.5, 0.6) is 0 Å². The minimum Gasteiger partial charge on any atom is -0.443 e. The maximum absolute atomic E-state index is 14.2. The van der Waals surface area contributed by atoms with E-state index in [1.807, 2.05) is 0 Å². The Labute approximate surface area is 256 Å². The minimum absolute atomic E-state index is 0.0385. The van der Waals surface area contributed by atoms with Gasteiger partial charge >= 0.3 is 24.0 Å². The fourth-order valence-corrected chi connectivity index (χ4v) is 4.36. The normalized spacial score (nSPS) is 12.3. The van der Waals surface area contributed by atoms with Gasteiger partial charge in [-0.05, 0) is 68.4 Å². The Kier molecular flexibility index (Phi) is 13.5. The number of sulfonamides is 1. The molecular formula is C27H42FN3O12S. The molecule has 0 unspecified atom stereocenters. The zero-order valence-electron chi connectivity index (χ0n) is 26.5. The fourth-order valence-electron chi connectivity index (χ4n) is 3.06. The molecule has 0 saturated carbocycles. The van der Waals surface area contributed by atoms with Crippen LogP contribution in [0.4, 0.5) is 24.5 Å². The molecule has 1 aromatic carbocycles. The number of nitro groups is 1. The van der Waals surface area contributed by atoms with E-state index in [2.05, 4.69) is 0 Å². The number of rotatable bonds is 12. The molecule has 0 aliphatic rings. The number of amides is 3. The molecule has 0 fully saturated rings. The van der Waals surface area contributed by atoms with E-state index < -0.39 is 73.0 Å². The van der Waals surface area contributed by atoms with E-state index in [0.717, 1.165) is 11.0 Å². The van der Waals surface area contributed by atoms with Gasteiger partial charge in [-0.1, -0.05) is 0 Å². The van der Waals surface area contributed by atoms with Crippen molar-refractivity contribution in [2.24, 2.45) is 0 Å². The van der Waals surface area contributed by atoms with Crippen LogP contribution in [0.15, 0.2) is 23.1 Å². The summed E-state index contributed by atoms with van der Waals surface area (Å²) in [5, 5.41) is 10.9. The number of carbonyl (C=O) groups excluding carboxylic acids is 3. The average molecular weight is 652 g/mol. The van der Waals surface area contributed by atoms with Crippen LogP contribution in [0.3, 0.4) is 0 Å². The second kappa shape index (κ2) is 15.4. The van der Waals surface area contributed by atoms with Crippen LogP contribution >= 0.6 is 0 Å². The quantitative estimate of drug-likeness (QED) is 0.130. The molecule has 0 aromatic heterocycles. The smallest absolute Gasteiger partial charge is 0.424 e. The molecule has 0 spiro atoms. The number of hydrogen-bond donors (Lipinski definition) is 0. The molecule has 250 valence electrons. The molecule has 1 rings (SSSR count). The number of ether oxygens (including phenoxy) is 5. The molecule has 1 aromatic rings. The van der Waals surface area contributed by atoms with Gasteiger partial charge in [0, 0.05) is 12.1 Å². The predicted molar refractivity (Wildman–Crippen MR) is 154 cm³/mol. The summed E-state index contributed by atoms with van der Waals surface area (Å²) in [6, 6.07) is 1.92. The Morgan fingerprint density at radius 1 is 0.773 bits per heavy atom. The van der Waals surface area contributed by atoms with Gasteiger partial charge in [-0.15, -0.1) is 0 Å². The Bertz CT molecular complexity index is 1260. The highest BCUT2D eigenvalue weighted by molar-refractivity contribution is 7.89. The lowest BCUT2D eigenvalue weighted by atomic mass is 10.2. The van der Waals surface area contributed by atoms with Gasteiger partial charge in [-0.25, -0.2) is 27.7 Å². The summed E-state index contributed by atoms with van der Waals surface area (Å²) < 4.78 is 67.4. The van der Waals surface area contributed by atoms with Gasteiger partial charge in [0.25, 0.3) is 10.0 Å². The summed E-state index contributed by atoms with van der Waals surface area (Å²) in [7, 11) is -4.70. The summed E-state index contributed by atoms with van der Waals surface area (Å²) in [5.74, 6) is -1.40. The molecule has 0 bridgehead atoms. The Morgan fingerprint density at radius 2 is 1.20 bits per heavy atom. The SMILES string of the molecule is CC(C)(C)OC(=O)N(CCOCCOCCN(C(=O)OC(C)(C)C)S(=O)(=O)c1ccc([N+](=O)[O-])c(F)c1)C(=O)OC(C)(C)C. The van der Waals surface area contributed by atoms with Crippen LogP contribution in [0.1, 0.15) is 62.3 Å². The first kappa shape index (κ1) is 38.5. The van der Waals surface area contributed by atoms with Crippen LogP contribution in [0.2, 0.25) is 0 Å². The molecule has 0 aliphatic heterocycles. The molecule has 0 radical (unpaired) electrons. The number of benzene rings is 1. The van der Waals surface area contributed by atoms with Crippen LogP contribution in [-0.4, -0.2) is 97.1 Å². The van der Waals surface area contributed by atoms with Gasteiger partial charge in [-0.3, -0.25) is 10.1 Å². The largest absolute Gasteiger partial charge is 0.443 e. The second-order valence-electron chi connectivity index (χ2n) is 12.3. The zero-order chi connectivity index (χ0) is 34.1. The lowest BCUT2D eigenvalue weighted by Gasteiger charge is -2.28. The molecule has 3 amide bonds. The lowest BCUT2D eigenvalue weighted by molar-refractivity contribution is -0.387. The number of carbonyl (C=O) groups is 3. The lowest BCUT2D eigenvalue weighted by Crippen LogP contribution is -2.45. The summed E-state index contributed by atoms with van der Waals surface area (Å²) in [4.78, 5) is 47.8. The standard InChI is InChI=1S/C27H42FN3O12S/c1-25(2,3)41-22(32)29(23(33)42-26(4,5)6)12-14-39-16-17-40-15-13-30(24(34)43-27(7,8)9)44(37,38)19-10-11-21(31(35)36)20(28)18-19/h10-11,18H,12-17H2,1-9H3. The maximum atomic E-state index is 14.2. The number of nitrogens with zero attached hydrogens (tertiary/aromatic N) is 3. The third-order valence-corrected chi connectivity index (χ3v) is 6.56. The van der Waals surface area contributed by atoms with Crippen molar-refractivity contribution in [3.8, 4) is 0 Å². The Morgan fingerprint density at radius 3 is 1.61 bits per heavy atom. The highest BCUT2D eigenvalue weighted by Gasteiger charge is 2.34. The molecule has 0 heterocycles. The molecule has 44 heavy (non-hydrogen) atoms. The van der Waals surface area contributed by atoms with Crippen molar-refractivity contribution in [2.75, 3.05) is 39.5 Å². The van der Waals surface area contributed by atoms with Gasteiger partial charge in [0.2, 0.25) is 5.82 Å². The van der Waals surface area contributed by atoms with Crippen molar-refractivity contribution >= 4 is 34.0 Å². The van der Waals surface area contributed by atoms with Crippen LogP contribution in [0.25, 0.3) is 0 Å². The fraction of sp³-hybridized carbons (Fsp3) is 0.667. The van der Waals surface area contributed by atoms with Crippen molar-refractivity contribution < 1.29 is 55.8 Å². The topological polar surface area (TPSA) is 181 Å². The first-order chi connectivity index (χ1) is 19.9. The third kappa shape index (κ3) is 13.4. The molecule has 0 saturated heterocycles. The second-order valence-corrected chi connectivity index (χ2v) is 14.1. The van der Waals surface area contributed by atoms with E-state index in [4.69, 9.17) is 23.7 Å². The molecule has 0 atom stereocenters. The minimum atomic E-state index is -4.70. The molecular weight excluding hydrogens is 609 g/mol. The van der Waals surface area contributed by atoms with Gasteiger partial charge in [0.15, 0.2) is 0 Å². The van der Waals surface area contributed by atoms with Crippen LogP contribution in [-0.2, 0) is 33.7 Å². The van der Waals surface area contributed by atoms with E-state index in [-0.39, 0.29) is 33.0 Å².